The molecule has 0 rings (SSSR count). The highest BCUT2D eigenvalue weighted by Crippen LogP contribution is 2.15. The molecule has 0 aliphatic rings. The molecule has 22 heteroatoms. The molecule has 0 saturated heterocycles. The van der Waals surface area contributed by atoms with Crippen LogP contribution < -0.4 is 58.5 Å². The molecule has 0 saturated carbocycles. The van der Waals surface area contributed by atoms with Crippen molar-refractivity contribution < 1.29 is 52.7 Å². The zero-order chi connectivity index (χ0) is 68.2. The normalized spacial score (nSPS) is 14.1. The fourth-order valence-corrected chi connectivity index (χ4v) is 10.7. The van der Waals surface area contributed by atoms with Gasteiger partial charge in [-0.2, -0.15) is 0 Å². The Balaban J connectivity index is 6.50. The minimum Gasteiger partial charge on any atom is -0.352 e. The Morgan fingerprint density at radius 1 is 0.231 bits per heavy atom. The number of rotatable bonds is 57. The minimum absolute atomic E-state index is 0.0645. The van der Waals surface area contributed by atoms with Crippen LogP contribution in [0.5, 0.6) is 0 Å². The van der Waals surface area contributed by atoms with E-state index in [1.165, 1.54) is 6.92 Å². The fourth-order valence-electron chi connectivity index (χ4n) is 10.7. The molecular weight excluding hydrogens is 1160 g/mol. The molecule has 0 aromatic heterocycles. The molecule has 0 aromatic rings. The van der Waals surface area contributed by atoms with Crippen LogP contribution in [0.2, 0.25) is 0 Å². The molecule has 0 fully saturated rings. The van der Waals surface area contributed by atoms with Crippen molar-refractivity contribution in [2.24, 2.45) is 0 Å². The van der Waals surface area contributed by atoms with Crippen LogP contribution >= 0.6 is 0 Å². The topological polar surface area (TPSA) is 320 Å². The maximum absolute atomic E-state index is 14.4. The summed E-state index contributed by atoms with van der Waals surface area (Å²) in [5.74, 6) is -5.89. The van der Waals surface area contributed by atoms with Crippen molar-refractivity contribution in [2.75, 3.05) is 13.1 Å². The van der Waals surface area contributed by atoms with Gasteiger partial charge < -0.3 is 58.5 Å². The van der Waals surface area contributed by atoms with Gasteiger partial charge in [0.2, 0.25) is 65.0 Å². The first-order valence-corrected chi connectivity index (χ1v) is 35.9. The van der Waals surface area contributed by atoms with Gasteiger partial charge in [0.15, 0.2) is 0 Å². The van der Waals surface area contributed by atoms with Crippen LogP contribution in [-0.2, 0) is 52.7 Å². The summed E-state index contributed by atoms with van der Waals surface area (Å²) in [7, 11) is 0. The van der Waals surface area contributed by atoms with Crippen LogP contribution in [0.25, 0.3) is 0 Å². The number of hydrogen-bond acceptors (Lipinski definition) is 11. The largest absolute Gasteiger partial charge is 0.352 e. The average molecular weight is 1290 g/mol. The van der Waals surface area contributed by atoms with Gasteiger partial charge in [0.1, 0.15) is 48.3 Å². The standard InChI is InChI=1S/C69H129N11O11/c1-12-21-30-39-50(10)72-64(86)57(45-36-27-18-7)78-66(88)55(43-34-25-16-5)74-60(82)48-70-63(85)53(41-32-23-14-3)77-69(91)59(47-38-29-20-9)80-67(89)56(44-35-26-17-6)75-61(83)49-71-62(84)52(40-31-22-13-2)76-68(90)58(46-37-28-19-8)79-65(87)54(73-51(11)81)42-33-24-15-4/h50,52-59H,12-49H2,1-11H3,(H,70,85)(H,71,84)(H,72,86)(H,73,81)(H,74,82)(H,75,83)(H,76,90)(H,77,91)(H,78,88)(H,79,87)(H,80,89)/t50-,52+,53+,54+,55+,56+,57+,58+,59+/m1/s1. The first-order chi connectivity index (χ1) is 43.7. The van der Waals surface area contributed by atoms with Gasteiger partial charge in [-0.05, 0) is 64.7 Å². The van der Waals surface area contributed by atoms with Crippen molar-refractivity contribution in [1.82, 2.24) is 58.5 Å². The highest BCUT2D eigenvalue weighted by atomic mass is 16.2. The lowest BCUT2D eigenvalue weighted by Gasteiger charge is -2.26. The quantitative estimate of drug-likeness (QED) is 0.0256. The molecule has 526 valence electrons. The zero-order valence-electron chi connectivity index (χ0n) is 58.6. The maximum atomic E-state index is 14.4. The van der Waals surface area contributed by atoms with E-state index in [4.69, 9.17) is 0 Å². The Kier molecular flexibility index (Phi) is 51.2. The molecule has 0 aromatic carbocycles. The summed E-state index contributed by atoms with van der Waals surface area (Å²) in [6, 6.07) is -7.96. The fraction of sp³-hybridized carbons (Fsp3) is 0.841. The summed E-state index contributed by atoms with van der Waals surface area (Å²) in [4.78, 5) is 151. The van der Waals surface area contributed by atoms with Gasteiger partial charge >= 0.3 is 0 Å². The van der Waals surface area contributed by atoms with E-state index in [-0.39, 0.29) is 43.5 Å². The van der Waals surface area contributed by atoms with Crippen LogP contribution in [0.4, 0.5) is 0 Å². The molecule has 0 bridgehead atoms. The maximum Gasteiger partial charge on any atom is 0.243 e. The molecule has 0 heterocycles. The molecular formula is C69H129N11O11. The lowest BCUT2D eigenvalue weighted by molar-refractivity contribution is -0.135. The summed E-state index contributed by atoms with van der Waals surface area (Å²) < 4.78 is 0. The molecule has 11 amide bonds. The third-order valence-corrected chi connectivity index (χ3v) is 16.4. The molecule has 9 atom stereocenters. The second kappa shape index (κ2) is 54.7. The second-order valence-electron chi connectivity index (χ2n) is 25.1. The van der Waals surface area contributed by atoms with Crippen molar-refractivity contribution in [3.63, 3.8) is 0 Å². The predicted octanol–water partition coefficient (Wildman–Crippen LogP) is 8.84. The summed E-state index contributed by atoms with van der Waals surface area (Å²) in [5.41, 5.74) is 0. The lowest BCUT2D eigenvalue weighted by Crippen LogP contribution is -2.58. The van der Waals surface area contributed by atoms with E-state index in [1.807, 2.05) is 55.4 Å². The summed E-state index contributed by atoms with van der Waals surface area (Å²) >= 11 is 0. The number of carbonyl (C=O) groups excluding carboxylic acids is 11. The van der Waals surface area contributed by atoms with E-state index in [0.29, 0.717) is 70.6 Å². The minimum atomic E-state index is -1.10. The van der Waals surface area contributed by atoms with Crippen LogP contribution in [-0.4, -0.2) is 132 Å². The van der Waals surface area contributed by atoms with Gasteiger partial charge in [0.05, 0.1) is 13.1 Å². The van der Waals surface area contributed by atoms with Crippen molar-refractivity contribution >= 4 is 65.0 Å². The van der Waals surface area contributed by atoms with Gasteiger partial charge in [-0.1, -0.05) is 236 Å². The van der Waals surface area contributed by atoms with E-state index >= 15 is 0 Å². The summed E-state index contributed by atoms with van der Waals surface area (Å²) in [5, 5.41) is 31.1. The highest BCUT2D eigenvalue weighted by Gasteiger charge is 2.33. The Hall–Kier alpha value is -5.83. The molecule has 0 radical (unpaired) electrons. The molecule has 0 spiro atoms. The van der Waals surface area contributed by atoms with E-state index in [9.17, 15) is 52.7 Å². The Morgan fingerprint density at radius 3 is 0.637 bits per heavy atom. The van der Waals surface area contributed by atoms with Crippen molar-refractivity contribution in [2.45, 2.75) is 362 Å². The van der Waals surface area contributed by atoms with Crippen LogP contribution in [0.1, 0.15) is 307 Å². The second-order valence-corrected chi connectivity index (χ2v) is 25.1. The van der Waals surface area contributed by atoms with Crippen molar-refractivity contribution in [1.29, 1.82) is 0 Å². The third kappa shape index (κ3) is 41.4. The molecule has 0 aliphatic heterocycles. The Bertz CT molecular complexity index is 2080. The monoisotopic (exact) mass is 1290 g/mol. The van der Waals surface area contributed by atoms with Gasteiger partial charge in [-0.15, -0.1) is 0 Å². The number of unbranched alkanes of at least 4 members (excludes halogenated alkanes) is 18. The first kappa shape index (κ1) is 85.2. The van der Waals surface area contributed by atoms with Crippen molar-refractivity contribution in [3.8, 4) is 0 Å². The van der Waals surface area contributed by atoms with Crippen molar-refractivity contribution in [3.05, 3.63) is 0 Å². The van der Waals surface area contributed by atoms with E-state index in [2.05, 4.69) is 72.3 Å². The van der Waals surface area contributed by atoms with E-state index in [1.54, 1.807) is 0 Å². The van der Waals surface area contributed by atoms with Gasteiger partial charge in [-0.3, -0.25) is 52.7 Å². The van der Waals surface area contributed by atoms with E-state index < -0.39 is 115 Å². The number of hydrogen-bond donors (Lipinski definition) is 11. The van der Waals surface area contributed by atoms with Crippen LogP contribution in [0.3, 0.4) is 0 Å². The average Bonchev–Trinajstić information content (AvgIpc) is 3.72. The van der Waals surface area contributed by atoms with Gasteiger partial charge in [0, 0.05) is 13.0 Å². The molecule has 11 N–H and O–H groups in total. The highest BCUT2D eigenvalue weighted by molar-refractivity contribution is 5.98. The molecule has 22 nitrogen and oxygen atoms in total. The van der Waals surface area contributed by atoms with Crippen LogP contribution in [0, 0.1) is 0 Å². The molecule has 0 unspecified atom stereocenters. The van der Waals surface area contributed by atoms with Gasteiger partial charge in [-0.25, -0.2) is 0 Å². The van der Waals surface area contributed by atoms with E-state index in [0.717, 1.165) is 135 Å². The SMILES string of the molecule is CCCCC[C@@H](C)NC(=O)[C@H](CCCCC)NC(=O)[C@H](CCCCC)NC(=O)CNC(=O)[C@H](CCCCC)NC(=O)[C@H](CCCCC)NC(=O)[C@H](CCCCC)NC(=O)CNC(=O)[C@H](CCCCC)NC(=O)[C@H](CCCCC)NC(=O)[C@H](CCCCC)NC(C)=O. The lowest BCUT2D eigenvalue weighted by atomic mass is 10.0. The summed E-state index contributed by atoms with van der Waals surface area (Å²) in [6.07, 6.45) is 24.7. The smallest absolute Gasteiger partial charge is 0.243 e. The number of amides is 11. The van der Waals surface area contributed by atoms with Gasteiger partial charge in [0.25, 0.3) is 0 Å². The number of carbonyl (C=O) groups is 11. The third-order valence-electron chi connectivity index (χ3n) is 16.4. The molecule has 0 aliphatic carbocycles. The Morgan fingerprint density at radius 2 is 0.418 bits per heavy atom. The zero-order valence-corrected chi connectivity index (χ0v) is 58.6. The number of nitrogens with one attached hydrogen (secondary N) is 11. The summed E-state index contributed by atoms with van der Waals surface area (Å²) in [6.45, 7) is 20.6. The Labute approximate surface area is 548 Å². The molecule has 91 heavy (non-hydrogen) atoms. The predicted molar refractivity (Wildman–Crippen MR) is 362 cm³/mol. The van der Waals surface area contributed by atoms with Crippen LogP contribution in [0.15, 0.2) is 0 Å². The first-order valence-electron chi connectivity index (χ1n) is 35.9.